The smallest absolute Gasteiger partial charge is 0.331 e. The van der Waals surface area contributed by atoms with E-state index >= 15 is 0 Å². The number of anilines is 1. The molecule has 0 aliphatic rings. The van der Waals surface area contributed by atoms with Crippen LogP contribution in [0.15, 0.2) is 36.4 Å². The summed E-state index contributed by atoms with van der Waals surface area (Å²) in [6.07, 6.45) is 2.36. The summed E-state index contributed by atoms with van der Waals surface area (Å²) in [6, 6.07) is 7.26. The van der Waals surface area contributed by atoms with Gasteiger partial charge in [-0.15, -0.1) is 0 Å². The average molecular weight is 439 g/mol. The minimum atomic E-state index is -0.794. The standard InChI is InChI=1S/C19H16Cl2N2O6/c1-11-7-15(17(28-2)9-14(11)21)22-18(24)10-29-19(25)6-4-12-3-5-13(20)16(8-12)23(26)27/h3-9H,10H2,1-2H3,(H,22,24)/b6-4+. The molecule has 0 heterocycles. The number of methoxy groups -OCH3 is 1. The largest absolute Gasteiger partial charge is 0.495 e. The van der Waals surface area contributed by atoms with E-state index in [0.717, 1.165) is 11.6 Å². The summed E-state index contributed by atoms with van der Waals surface area (Å²) in [5, 5.41) is 13.9. The molecule has 10 heteroatoms. The van der Waals surface area contributed by atoms with Crippen LogP contribution in [0.25, 0.3) is 6.08 Å². The van der Waals surface area contributed by atoms with Crippen molar-refractivity contribution in [1.82, 2.24) is 0 Å². The maximum absolute atomic E-state index is 12.0. The molecule has 152 valence electrons. The van der Waals surface area contributed by atoms with Crippen LogP contribution in [0, 0.1) is 17.0 Å². The molecule has 0 spiro atoms. The Morgan fingerprint density at radius 2 is 1.93 bits per heavy atom. The molecule has 0 fully saturated rings. The van der Waals surface area contributed by atoms with Gasteiger partial charge in [0.1, 0.15) is 10.8 Å². The van der Waals surface area contributed by atoms with Gasteiger partial charge in [-0.1, -0.05) is 29.3 Å². The van der Waals surface area contributed by atoms with Crippen molar-refractivity contribution in [2.24, 2.45) is 0 Å². The molecular weight excluding hydrogens is 423 g/mol. The van der Waals surface area contributed by atoms with Crippen LogP contribution >= 0.6 is 23.2 Å². The molecule has 1 amide bonds. The van der Waals surface area contributed by atoms with Crippen LogP contribution < -0.4 is 10.1 Å². The second-order valence-electron chi connectivity index (χ2n) is 5.76. The Hall–Kier alpha value is -3.10. The Morgan fingerprint density at radius 1 is 1.21 bits per heavy atom. The number of ether oxygens (including phenoxy) is 2. The minimum absolute atomic E-state index is 0.0146. The van der Waals surface area contributed by atoms with Crippen LogP contribution in [0.4, 0.5) is 11.4 Å². The van der Waals surface area contributed by atoms with E-state index < -0.39 is 23.4 Å². The monoisotopic (exact) mass is 438 g/mol. The molecule has 2 aromatic rings. The number of nitro groups is 1. The van der Waals surface area contributed by atoms with Gasteiger partial charge < -0.3 is 14.8 Å². The number of rotatable bonds is 7. The quantitative estimate of drug-likeness (QED) is 0.296. The number of benzene rings is 2. The lowest BCUT2D eigenvalue weighted by molar-refractivity contribution is -0.384. The molecule has 0 radical (unpaired) electrons. The van der Waals surface area contributed by atoms with Crippen LogP contribution in [-0.2, 0) is 14.3 Å². The van der Waals surface area contributed by atoms with E-state index in [-0.39, 0.29) is 10.7 Å². The van der Waals surface area contributed by atoms with Crippen molar-refractivity contribution >= 4 is 52.5 Å². The van der Waals surface area contributed by atoms with Crippen LogP contribution in [0.1, 0.15) is 11.1 Å². The Balaban J connectivity index is 1.95. The highest BCUT2D eigenvalue weighted by Gasteiger charge is 2.13. The zero-order valence-electron chi connectivity index (χ0n) is 15.4. The number of aryl methyl sites for hydroxylation is 1. The molecule has 0 saturated carbocycles. The summed E-state index contributed by atoms with van der Waals surface area (Å²) < 4.78 is 10.0. The first-order chi connectivity index (χ1) is 13.7. The van der Waals surface area contributed by atoms with E-state index in [1.807, 2.05) is 0 Å². The molecule has 0 atom stereocenters. The van der Waals surface area contributed by atoms with Gasteiger partial charge in [0.15, 0.2) is 6.61 Å². The first kappa shape index (κ1) is 22.2. The van der Waals surface area contributed by atoms with E-state index in [1.54, 1.807) is 19.1 Å². The number of hydrogen-bond donors (Lipinski definition) is 1. The highest BCUT2D eigenvalue weighted by molar-refractivity contribution is 6.32. The minimum Gasteiger partial charge on any atom is -0.495 e. The van der Waals surface area contributed by atoms with Crippen molar-refractivity contribution in [2.75, 3.05) is 19.0 Å². The molecule has 0 aliphatic carbocycles. The maximum Gasteiger partial charge on any atom is 0.331 e. The van der Waals surface area contributed by atoms with Gasteiger partial charge in [-0.25, -0.2) is 4.79 Å². The number of nitrogens with zero attached hydrogens (tertiary/aromatic N) is 1. The number of amides is 1. The zero-order valence-corrected chi connectivity index (χ0v) is 16.9. The van der Waals surface area contributed by atoms with Crippen molar-refractivity contribution in [1.29, 1.82) is 0 Å². The third-order valence-electron chi connectivity index (χ3n) is 3.68. The highest BCUT2D eigenvalue weighted by atomic mass is 35.5. The van der Waals surface area contributed by atoms with Crippen molar-refractivity contribution in [3.05, 3.63) is 67.7 Å². The normalized spacial score (nSPS) is 10.6. The van der Waals surface area contributed by atoms with Crippen molar-refractivity contribution in [3.63, 3.8) is 0 Å². The Bertz CT molecular complexity index is 991. The van der Waals surface area contributed by atoms with Gasteiger partial charge in [0.2, 0.25) is 0 Å². The lowest BCUT2D eigenvalue weighted by Crippen LogP contribution is -2.20. The Kier molecular flexibility index (Phi) is 7.58. The van der Waals surface area contributed by atoms with Gasteiger partial charge in [-0.2, -0.15) is 0 Å². The number of carbonyl (C=O) groups excluding carboxylic acids is 2. The predicted octanol–water partition coefficient (Wildman–Crippen LogP) is 4.41. The Morgan fingerprint density at radius 3 is 2.59 bits per heavy atom. The van der Waals surface area contributed by atoms with Crippen molar-refractivity contribution < 1.29 is 24.0 Å². The molecule has 0 bridgehead atoms. The summed E-state index contributed by atoms with van der Waals surface area (Å²) in [5.74, 6) is -1.00. The fourth-order valence-electron chi connectivity index (χ4n) is 2.24. The van der Waals surface area contributed by atoms with E-state index in [1.165, 1.54) is 31.4 Å². The van der Waals surface area contributed by atoms with Crippen LogP contribution in [0.3, 0.4) is 0 Å². The number of hydrogen-bond acceptors (Lipinski definition) is 6. The Labute approximate surface area is 176 Å². The first-order valence-corrected chi connectivity index (χ1v) is 8.89. The molecule has 0 unspecified atom stereocenters. The van der Waals surface area contributed by atoms with Gasteiger partial charge in [0.05, 0.1) is 17.7 Å². The molecule has 2 rings (SSSR count). The van der Waals surface area contributed by atoms with E-state index in [9.17, 15) is 19.7 Å². The lowest BCUT2D eigenvalue weighted by Gasteiger charge is -2.12. The summed E-state index contributed by atoms with van der Waals surface area (Å²) in [6.45, 7) is 1.23. The molecule has 2 aromatic carbocycles. The number of carbonyl (C=O) groups is 2. The van der Waals surface area contributed by atoms with E-state index in [4.69, 9.17) is 32.7 Å². The fraction of sp³-hybridized carbons (Fsp3) is 0.158. The maximum atomic E-state index is 12.0. The van der Waals surface area contributed by atoms with Crippen LogP contribution in [-0.4, -0.2) is 30.5 Å². The van der Waals surface area contributed by atoms with Crippen LogP contribution in [0.5, 0.6) is 5.75 Å². The third-order valence-corrected chi connectivity index (χ3v) is 4.41. The van der Waals surface area contributed by atoms with Crippen LogP contribution in [0.2, 0.25) is 10.0 Å². The van der Waals surface area contributed by atoms with Gasteiger partial charge in [-0.05, 0) is 36.3 Å². The third kappa shape index (κ3) is 6.20. The number of nitrogens with one attached hydrogen (secondary N) is 1. The van der Waals surface area contributed by atoms with Crippen molar-refractivity contribution in [2.45, 2.75) is 6.92 Å². The molecular formula is C19H16Cl2N2O6. The van der Waals surface area contributed by atoms with Gasteiger partial charge in [0, 0.05) is 23.2 Å². The van der Waals surface area contributed by atoms with Gasteiger partial charge >= 0.3 is 5.97 Å². The molecule has 1 N–H and O–H groups in total. The SMILES string of the molecule is COc1cc(Cl)c(C)cc1NC(=O)COC(=O)/C=C/c1ccc(Cl)c([N+](=O)[O-])c1. The molecule has 29 heavy (non-hydrogen) atoms. The highest BCUT2D eigenvalue weighted by Crippen LogP contribution is 2.31. The number of halogens is 2. The predicted molar refractivity (Wildman–Crippen MR) is 109 cm³/mol. The molecule has 0 aliphatic heterocycles. The summed E-state index contributed by atoms with van der Waals surface area (Å²) in [4.78, 5) is 34.1. The first-order valence-electron chi connectivity index (χ1n) is 8.14. The zero-order chi connectivity index (χ0) is 21.6. The summed E-state index contributed by atoms with van der Waals surface area (Å²) >= 11 is 11.7. The van der Waals surface area contributed by atoms with E-state index in [2.05, 4.69) is 5.32 Å². The second kappa shape index (κ2) is 9.90. The molecule has 0 aromatic heterocycles. The second-order valence-corrected chi connectivity index (χ2v) is 6.57. The molecule has 8 nitrogen and oxygen atoms in total. The molecule has 0 saturated heterocycles. The summed E-state index contributed by atoms with van der Waals surface area (Å²) in [7, 11) is 1.43. The lowest BCUT2D eigenvalue weighted by atomic mass is 10.2. The van der Waals surface area contributed by atoms with E-state index in [0.29, 0.717) is 22.0 Å². The topological polar surface area (TPSA) is 108 Å². The number of nitro benzene ring substituents is 1. The summed E-state index contributed by atoms with van der Waals surface area (Å²) in [5.41, 5.74) is 1.22. The number of esters is 1. The van der Waals surface area contributed by atoms with Gasteiger partial charge in [0.25, 0.3) is 11.6 Å². The fourth-order valence-corrected chi connectivity index (χ4v) is 2.58. The van der Waals surface area contributed by atoms with Gasteiger partial charge in [-0.3, -0.25) is 14.9 Å². The van der Waals surface area contributed by atoms with Crippen molar-refractivity contribution in [3.8, 4) is 5.75 Å². The average Bonchev–Trinajstić information content (AvgIpc) is 2.68.